The second-order valence-corrected chi connectivity index (χ2v) is 4.36. The van der Waals surface area contributed by atoms with Crippen LogP contribution < -0.4 is 10.6 Å². The molecule has 0 aliphatic carbocycles. The summed E-state index contributed by atoms with van der Waals surface area (Å²) in [4.78, 5) is 4.18. The Balaban J connectivity index is 0.00000120. The van der Waals surface area contributed by atoms with Crippen molar-refractivity contribution in [2.24, 2.45) is 0 Å². The van der Waals surface area contributed by atoms with Crippen LogP contribution in [0, 0.1) is 5.82 Å². The van der Waals surface area contributed by atoms with Crippen molar-refractivity contribution in [2.45, 2.75) is 12.5 Å². The Morgan fingerprint density at radius 2 is 2.28 bits per heavy atom. The molecule has 18 heavy (non-hydrogen) atoms. The molecule has 0 unspecified atom stereocenters. The van der Waals surface area contributed by atoms with Gasteiger partial charge in [0.2, 0.25) is 0 Å². The molecule has 0 amide bonds. The number of halogens is 2. The van der Waals surface area contributed by atoms with Crippen LogP contribution in [0.25, 0.3) is 10.9 Å². The lowest BCUT2D eigenvalue weighted by Gasteiger charge is -2.15. The van der Waals surface area contributed by atoms with Gasteiger partial charge >= 0.3 is 0 Å². The molecule has 5 heteroatoms. The molecular weight excluding hydrogens is 253 g/mol. The number of benzene rings is 1. The SMILES string of the molecule is Cl.Fc1cc(N[C@@H]2CCNC2)c2cccnc2c1. The average molecular weight is 268 g/mol. The van der Waals surface area contributed by atoms with E-state index in [0.717, 1.165) is 30.6 Å². The number of aromatic nitrogens is 1. The minimum Gasteiger partial charge on any atom is -0.380 e. The zero-order valence-corrected chi connectivity index (χ0v) is 10.6. The summed E-state index contributed by atoms with van der Waals surface area (Å²) in [6, 6.07) is 7.22. The van der Waals surface area contributed by atoms with E-state index < -0.39 is 0 Å². The van der Waals surface area contributed by atoms with Gasteiger partial charge in [-0.05, 0) is 31.2 Å². The third kappa shape index (κ3) is 2.54. The Morgan fingerprint density at radius 1 is 1.39 bits per heavy atom. The van der Waals surface area contributed by atoms with Crippen LogP contribution in [0.2, 0.25) is 0 Å². The van der Waals surface area contributed by atoms with Gasteiger partial charge in [0.1, 0.15) is 5.82 Å². The second-order valence-electron chi connectivity index (χ2n) is 4.36. The topological polar surface area (TPSA) is 37.0 Å². The highest BCUT2D eigenvalue weighted by molar-refractivity contribution is 5.91. The van der Waals surface area contributed by atoms with Gasteiger partial charge in [0, 0.05) is 35.9 Å². The van der Waals surface area contributed by atoms with Crippen molar-refractivity contribution in [1.29, 1.82) is 0 Å². The van der Waals surface area contributed by atoms with E-state index in [2.05, 4.69) is 15.6 Å². The minimum absolute atomic E-state index is 0. The number of rotatable bonds is 2. The highest BCUT2D eigenvalue weighted by Crippen LogP contribution is 2.24. The fourth-order valence-electron chi connectivity index (χ4n) is 2.27. The lowest BCUT2D eigenvalue weighted by molar-refractivity contribution is 0.629. The van der Waals surface area contributed by atoms with E-state index in [1.54, 1.807) is 12.3 Å². The van der Waals surface area contributed by atoms with E-state index in [4.69, 9.17) is 0 Å². The van der Waals surface area contributed by atoms with Crippen LogP contribution in [0.15, 0.2) is 30.5 Å². The Hall–Kier alpha value is -1.39. The first-order valence-electron chi connectivity index (χ1n) is 5.84. The second kappa shape index (κ2) is 5.50. The fourth-order valence-corrected chi connectivity index (χ4v) is 2.27. The van der Waals surface area contributed by atoms with Gasteiger partial charge < -0.3 is 10.6 Å². The number of nitrogens with one attached hydrogen (secondary N) is 2. The maximum absolute atomic E-state index is 13.5. The van der Waals surface area contributed by atoms with E-state index in [9.17, 15) is 4.39 Å². The van der Waals surface area contributed by atoms with E-state index in [0.29, 0.717) is 11.6 Å². The molecule has 3 rings (SSSR count). The number of nitrogens with zero attached hydrogens (tertiary/aromatic N) is 1. The smallest absolute Gasteiger partial charge is 0.127 e. The molecule has 2 aromatic rings. The summed E-state index contributed by atoms with van der Waals surface area (Å²) in [5.41, 5.74) is 1.53. The number of hydrogen-bond acceptors (Lipinski definition) is 3. The van der Waals surface area contributed by atoms with Gasteiger partial charge in [0.15, 0.2) is 0 Å². The van der Waals surface area contributed by atoms with E-state index >= 15 is 0 Å². The number of anilines is 1. The molecular formula is C13H15ClFN3. The highest BCUT2D eigenvalue weighted by Gasteiger charge is 2.15. The molecule has 2 N–H and O–H groups in total. The Kier molecular flexibility index (Phi) is 3.99. The molecule has 1 fully saturated rings. The van der Waals surface area contributed by atoms with Crippen molar-refractivity contribution in [3.63, 3.8) is 0 Å². The number of fused-ring (bicyclic) bond motifs is 1. The normalized spacial score (nSPS) is 18.6. The monoisotopic (exact) mass is 267 g/mol. The quantitative estimate of drug-likeness (QED) is 0.878. The first-order valence-corrected chi connectivity index (χ1v) is 5.84. The van der Waals surface area contributed by atoms with Gasteiger partial charge in [-0.3, -0.25) is 4.98 Å². The standard InChI is InChI=1S/C13H14FN3.ClH/c14-9-6-12-11(2-1-4-16-12)13(7-9)17-10-3-5-15-8-10;/h1-2,4,6-7,10,15,17H,3,5,8H2;1H/t10-;/m1./s1. The van der Waals surface area contributed by atoms with E-state index in [1.165, 1.54) is 6.07 Å². The molecule has 1 aromatic carbocycles. The lowest BCUT2D eigenvalue weighted by Crippen LogP contribution is -2.22. The molecule has 1 saturated heterocycles. The summed E-state index contributed by atoms with van der Waals surface area (Å²) in [7, 11) is 0. The Morgan fingerprint density at radius 3 is 3.06 bits per heavy atom. The Labute approximate surface area is 111 Å². The van der Waals surface area contributed by atoms with Crippen LogP contribution in [-0.2, 0) is 0 Å². The number of pyridine rings is 1. The molecule has 0 spiro atoms. The highest BCUT2D eigenvalue weighted by atomic mass is 35.5. The van der Waals surface area contributed by atoms with Gasteiger partial charge in [-0.15, -0.1) is 12.4 Å². The van der Waals surface area contributed by atoms with Gasteiger partial charge in [-0.2, -0.15) is 0 Å². The minimum atomic E-state index is -0.246. The van der Waals surface area contributed by atoms with Crippen LogP contribution in [0.5, 0.6) is 0 Å². The molecule has 0 radical (unpaired) electrons. The summed E-state index contributed by atoms with van der Waals surface area (Å²) in [5, 5.41) is 7.64. The van der Waals surface area contributed by atoms with Crippen molar-refractivity contribution in [2.75, 3.05) is 18.4 Å². The van der Waals surface area contributed by atoms with Crippen LogP contribution in [0.3, 0.4) is 0 Å². The van der Waals surface area contributed by atoms with Crippen LogP contribution in [0.4, 0.5) is 10.1 Å². The molecule has 96 valence electrons. The third-order valence-corrected chi connectivity index (χ3v) is 3.11. The van der Waals surface area contributed by atoms with E-state index in [1.807, 2.05) is 12.1 Å². The van der Waals surface area contributed by atoms with Gasteiger partial charge in [0.25, 0.3) is 0 Å². The van der Waals surface area contributed by atoms with Crippen molar-refractivity contribution < 1.29 is 4.39 Å². The molecule has 1 aliphatic rings. The first-order chi connectivity index (χ1) is 8.33. The van der Waals surface area contributed by atoms with Crippen molar-refractivity contribution in [3.05, 3.63) is 36.3 Å². The van der Waals surface area contributed by atoms with Crippen LogP contribution in [-0.4, -0.2) is 24.1 Å². The predicted octanol–water partition coefficient (Wildman–Crippen LogP) is 2.57. The zero-order chi connectivity index (χ0) is 11.7. The molecule has 1 atom stereocenters. The summed E-state index contributed by atoms with van der Waals surface area (Å²) < 4.78 is 13.5. The first kappa shape index (κ1) is 13.1. The van der Waals surface area contributed by atoms with Crippen LogP contribution in [0.1, 0.15) is 6.42 Å². The maximum Gasteiger partial charge on any atom is 0.127 e. The largest absolute Gasteiger partial charge is 0.380 e. The molecule has 1 aliphatic heterocycles. The van der Waals surface area contributed by atoms with Gasteiger partial charge in [-0.25, -0.2) is 4.39 Å². The van der Waals surface area contributed by atoms with Gasteiger partial charge in [-0.1, -0.05) is 0 Å². The van der Waals surface area contributed by atoms with Crippen molar-refractivity contribution in [3.8, 4) is 0 Å². The Bertz CT molecular complexity index is 541. The van der Waals surface area contributed by atoms with Gasteiger partial charge in [0.05, 0.1) is 5.52 Å². The zero-order valence-electron chi connectivity index (χ0n) is 9.82. The molecule has 2 heterocycles. The number of hydrogen-bond donors (Lipinski definition) is 2. The summed E-state index contributed by atoms with van der Waals surface area (Å²) in [6.45, 7) is 1.95. The lowest BCUT2D eigenvalue weighted by atomic mass is 10.1. The predicted molar refractivity (Wildman–Crippen MR) is 73.8 cm³/mol. The van der Waals surface area contributed by atoms with Crippen molar-refractivity contribution >= 4 is 29.0 Å². The van der Waals surface area contributed by atoms with Crippen molar-refractivity contribution in [1.82, 2.24) is 10.3 Å². The molecule has 1 aromatic heterocycles. The third-order valence-electron chi connectivity index (χ3n) is 3.11. The summed E-state index contributed by atoms with van der Waals surface area (Å²) in [5.74, 6) is -0.246. The average Bonchev–Trinajstić information content (AvgIpc) is 2.81. The summed E-state index contributed by atoms with van der Waals surface area (Å²) >= 11 is 0. The maximum atomic E-state index is 13.5. The fraction of sp³-hybridized carbons (Fsp3) is 0.308. The molecule has 0 bridgehead atoms. The van der Waals surface area contributed by atoms with E-state index in [-0.39, 0.29) is 18.2 Å². The van der Waals surface area contributed by atoms with Crippen LogP contribution >= 0.6 is 12.4 Å². The molecule has 3 nitrogen and oxygen atoms in total. The molecule has 0 saturated carbocycles. The summed E-state index contributed by atoms with van der Waals surface area (Å²) in [6.07, 6.45) is 2.75.